The van der Waals surface area contributed by atoms with Gasteiger partial charge in [0.2, 0.25) is 0 Å². The van der Waals surface area contributed by atoms with Crippen LogP contribution in [-0.2, 0) is 16.2 Å². The number of phenols is 1. The van der Waals surface area contributed by atoms with Crippen LogP contribution in [0.3, 0.4) is 0 Å². The van der Waals surface area contributed by atoms with Gasteiger partial charge >= 0.3 is 0 Å². The Morgan fingerprint density at radius 3 is 1.87 bits per heavy atom. The number of imidazole rings is 1. The minimum Gasteiger partial charge on any atom is -0.507 e. The molecular formula is C56H54N4O. The third-order valence-electron chi connectivity index (χ3n) is 12.1. The number of rotatable bonds is 5. The Kier molecular flexibility index (Phi) is 9.51. The number of nitrogens with zero attached hydrogens (tertiary/aromatic N) is 4. The second-order valence-electron chi connectivity index (χ2n) is 19.6. The third-order valence-corrected chi connectivity index (χ3v) is 12.1. The molecule has 0 fully saturated rings. The minimum absolute atomic E-state index is 0.0738. The molecule has 3 heterocycles. The molecule has 5 nitrogen and oxygen atoms in total. The van der Waals surface area contributed by atoms with Crippen LogP contribution in [0, 0.1) is 6.92 Å². The summed E-state index contributed by atoms with van der Waals surface area (Å²) in [7, 11) is 0. The smallest absolute Gasteiger partial charge is 0.149 e. The zero-order valence-corrected chi connectivity index (χ0v) is 37.0. The second-order valence-corrected chi connectivity index (χ2v) is 19.6. The van der Waals surface area contributed by atoms with Gasteiger partial charge in [-0.25, -0.2) is 4.98 Å². The van der Waals surface area contributed by atoms with Crippen LogP contribution in [0.1, 0.15) is 84.7 Å². The Bertz CT molecular complexity index is 3140. The van der Waals surface area contributed by atoms with Crippen molar-refractivity contribution in [2.75, 3.05) is 0 Å². The van der Waals surface area contributed by atoms with E-state index < -0.39 is 0 Å². The number of phenolic OH excluding ortho intramolecular Hbond substituents is 1. The number of hydrogen-bond acceptors (Lipinski definition) is 4. The molecule has 9 rings (SSSR count). The van der Waals surface area contributed by atoms with E-state index in [2.05, 4.69) is 201 Å². The van der Waals surface area contributed by atoms with Crippen LogP contribution in [0.15, 0.2) is 140 Å². The summed E-state index contributed by atoms with van der Waals surface area (Å²) >= 11 is 0. The molecule has 304 valence electrons. The summed E-state index contributed by atoms with van der Waals surface area (Å²) in [6.45, 7) is 22.0. The Hall–Kier alpha value is -6.59. The van der Waals surface area contributed by atoms with Crippen molar-refractivity contribution in [3.63, 3.8) is 0 Å². The number of aromatic hydroxyl groups is 1. The fourth-order valence-corrected chi connectivity index (χ4v) is 8.63. The van der Waals surface area contributed by atoms with Crippen molar-refractivity contribution in [3.8, 4) is 56.3 Å². The van der Waals surface area contributed by atoms with Gasteiger partial charge in [0.1, 0.15) is 11.6 Å². The van der Waals surface area contributed by atoms with Gasteiger partial charge in [0.05, 0.1) is 33.5 Å². The molecule has 1 N–H and O–H groups in total. The van der Waals surface area contributed by atoms with E-state index in [0.717, 1.165) is 88.7 Å². The van der Waals surface area contributed by atoms with Gasteiger partial charge < -0.3 is 5.11 Å². The Balaban J connectivity index is 1.41. The largest absolute Gasteiger partial charge is 0.507 e. The zero-order valence-electron chi connectivity index (χ0n) is 37.0. The highest BCUT2D eigenvalue weighted by molar-refractivity contribution is 6.19. The average molecular weight is 799 g/mol. The predicted octanol–water partition coefficient (Wildman–Crippen LogP) is 14.7. The molecule has 0 aliphatic rings. The van der Waals surface area contributed by atoms with Gasteiger partial charge in [0.25, 0.3) is 0 Å². The van der Waals surface area contributed by atoms with Gasteiger partial charge in [0.15, 0.2) is 0 Å². The number of fused-ring (bicyclic) bond motifs is 5. The second kappa shape index (κ2) is 14.6. The van der Waals surface area contributed by atoms with E-state index in [4.69, 9.17) is 15.0 Å². The van der Waals surface area contributed by atoms with Crippen LogP contribution in [0.2, 0.25) is 0 Å². The maximum Gasteiger partial charge on any atom is 0.149 e. The van der Waals surface area contributed by atoms with Crippen LogP contribution >= 0.6 is 0 Å². The summed E-state index contributed by atoms with van der Waals surface area (Å²) in [4.78, 5) is 15.7. The van der Waals surface area contributed by atoms with E-state index in [0.29, 0.717) is 11.4 Å². The lowest BCUT2D eigenvalue weighted by Gasteiger charge is -2.28. The number of hydrogen-bond donors (Lipinski definition) is 1. The molecule has 5 heteroatoms. The lowest BCUT2D eigenvalue weighted by molar-refractivity contribution is 0.446. The predicted molar refractivity (Wildman–Crippen MR) is 256 cm³/mol. The van der Waals surface area contributed by atoms with Crippen molar-refractivity contribution < 1.29 is 5.11 Å². The first-order valence-corrected chi connectivity index (χ1v) is 21.3. The third kappa shape index (κ3) is 7.16. The highest BCUT2D eigenvalue weighted by Crippen LogP contribution is 2.46. The van der Waals surface area contributed by atoms with Crippen molar-refractivity contribution in [3.05, 3.63) is 162 Å². The zero-order chi connectivity index (χ0) is 43.0. The van der Waals surface area contributed by atoms with E-state index in [-0.39, 0.29) is 22.0 Å². The molecule has 0 aliphatic carbocycles. The van der Waals surface area contributed by atoms with Crippen molar-refractivity contribution in [1.82, 2.24) is 19.5 Å². The summed E-state index contributed by atoms with van der Waals surface area (Å²) in [6.07, 6.45) is 1.89. The molecule has 0 saturated carbocycles. The van der Waals surface area contributed by atoms with Crippen LogP contribution in [0.4, 0.5) is 0 Å². The van der Waals surface area contributed by atoms with Crippen LogP contribution < -0.4 is 0 Å². The maximum absolute atomic E-state index is 12.5. The molecule has 0 spiro atoms. The molecule has 0 amide bonds. The van der Waals surface area contributed by atoms with Crippen LogP contribution in [0.25, 0.3) is 83.3 Å². The molecule has 0 unspecified atom stereocenters. The SMILES string of the molecule is Cc1nc2ccc(-c3cc(-c4ccccc4)ccn3)cc2c2c1ccc1c2nc(-c2cc(C(C)(C)C)cc(C(C)(C)C)c2O)n1-c1ccc(C(C)(C)C)cc1-c1ccccc1. The first-order valence-electron chi connectivity index (χ1n) is 21.3. The summed E-state index contributed by atoms with van der Waals surface area (Å²) in [5.74, 6) is 0.941. The fraction of sp³-hybridized carbons (Fsp3) is 0.232. The molecule has 3 aromatic heterocycles. The van der Waals surface area contributed by atoms with Gasteiger partial charge in [-0.15, -0.1) is 0 Å². The minimum atomic E-state index is -0.325. The van der Waals surface area contributed by atoms with Gasteiger partial charge in [-0.1, -0.05) is 147 Å². The topological polar surface area (TPSA) is 63.8 Å². The van der Waals surface area contributed by atoms with Gasteiger partial charge in [0, 0.05) is 44.7 Å². The molecule has 0 bridgehead atoms. The first-order chi connectivity index (χ1) is 29.0. The molecule has 61 heavy (non-hydrogen) atoms. The monoisotopic (exact) mass is 798 g/mol. The summed E-state index contributed by atoms with van der Waals surface area (Å²) in [6, 6.07) is 47.3. The molecule has 0 aliphatic heterocycles. The Labute approximate surface area is 359 Å². The standard InChI is InChI=1S/C56H54N4O/c1-34-41-23-26-49-51(50(41)43-29-38(21-24-46(43)58-34)47-30-37(27-28-57-47)35-17-13-11-14-18-35)59-53(44-32-40(55(5,6)7)33-45(52(44)61)56(8,9)10)60(49)48-25-22-39(54(2,3)4)31-42(48)36-19-15-12-16-20-36/h11-33,61H,1-10H3. The normalized spacial score (nSPS) is 12.5. The molecule has 0 saturated heterocycles. The Morgan fingerprint density at radius 1 is 0.525 bits per heavy atom. The average Bonchev–Trinajstić information content (AvgIpc) is 3.62. The molecule has 0 radical (unpaired) electrons. The van der Waals surface area contributed by atoms with E-state index >= 15 is 0 Å². The quantitative estimate of drug-likeness (QED) is 0.176. The number of benzene rings is 6. The maximum atomic E-state index is 12.5. The van der Waals surface area contributed by atoms with E-state index in [9.17, 15) is 5.11 Å². The highest BCUT2D eigenvalue weighted by Gasteiger charge is 2.30. The van der Waals surface area contributed by atoms with Crippen molar-refractivity contribution in [2.24, 2.45) is 0 Å². The fourth-order valence-electron chi connectivity index (χ4n) is 8.63. The van der Waals surface area contributed by atoms with Gasteiger partial charge in [-0.2, -0.15) is 0 Å². The van der Waals surface area contributed by atoms with E-state index in [1.165, 1.54) is 5.56 Å². The summed E-state index contributed by atoms with van der Waals surface area (Å²) in [5.41, 5.74) is 14.4. The lowest BCUT2D eigenvalue weighted by atomic mass is 9.79. The number of pyridine rings is 2. The number of aromatic nitrogens is 4. The first kappa shape index (κ1) is 39.8. The van der Waals surface area contributed by atoms with Crippen molar-refractivity contribution >= 4 is 32.7 Å². The Morgan fingerprint density at radius 2 is 1.20 bits per heavy atom. The van der Waals surface area contributed by atoms with E-state index in [1.54, 1.807) is 0 Å². The molecule has 6 aromatic carbocycles. The highest BCUT2D eigenvalue weighted by atomic mass is 16.3. The van der Waals surface area contributed by atoms with E-state index in [1.807, 2.05) is 12.3 Å². The van der Waals surface area contributed by atoms with Gasteiger partial charge in [-0.3, -0.25) is 14.5 Å². The lowest BCUT2D eigenvalue weighted by Crippen LogP contribution is -2.17. The molecular weight excluding hydrogens is 745 g/mol. The van der Waals surface area contributed by atoms with Crippen LogP contribution in [-0.4, -0.2) is 24.6 Å². The summed E-state index contributed by atoms with van der Waals surface area (Å²) < 4.78 is 2.29. The summed E-state index contributed by atoms with van der Waals surface area (Å²) in [5, 5.41) is 15.6. The van der Waals surface area contributed by atoms with Gasteiger partial charge in [-0.05, 0) is 99.5 Å². The van der Waals surface area contributed by atoms with Crippen molar-refractivity contribution in [1.29, 1.82) is 0 Å². The number of aryl methyl sites for hydroxylation is 1. The van der Waals surface area contributed by atoms with Crippen molar-refractivity contribution in [2.45, 2.75) is 85.5 Å². The molecule has 9 aromatic rings. The molecule has 0 atom stereocenters. The van der Waals surface area contributed by atoms with Crippen LogP contribution in [0.5, 0.6) is 5.75 Å².